The molecule has 0 bridgehead atoms. The van der Waals surface area contributed by atoms with Gasteiger partial charge in [-0.1, -0.05) is 90.4 Å². The van der Waals surface area contributed by atoms with Crippen LogP contribution in [0.4, 0.5) is 0 Å². The fourth-order valence-corrected chi connectivity index (χ4v) is 2.34. The molecule has 0 aliphatic heterocycles. The average Bonchev–Trinajstić information content (AvgIpc) is 2.42. The predicted molar refractivity (Wildman–Crippen MR) is 95.1 cm³/mol. The van der Waals surface area contributed by atoms with Crippen LogP contribution in [0.5, 0.6) is 0 Å². The van der Waals surface area contributed by atoms with E-state index >= 15 is 0 Å². The minimum atomic E-state index is -4.17. The van der Waals surface area contributed by atoms with Crippen LogP contribution in [0.3, 0.4) is 0 Å². The van der Waals surface area contributed by atoms with Crippen molar-refractivity contribution in [1.29, 1.82) is 0 Å². The number of rotatable bonds is 14. The van der Waals surface area contributed by atoms with Crippen LogP contribution in [0.1, 0.15) is 96.8 Å². The van der Waals surface area contributed by atoms with Gasteiger partial charge in [0.2, 0.25) is 0 Å². The Morgan fingerprint density at radius 1 is 0.682 bits per heavy atom. The lowest BCUT2D eigenvalue weighted by Gasteiger charge is -2.02. The van der Waals surface area contributed by atoms with Crippen LogP contribution in [-0.2, 0) is 10.3 Å². The molecular formula is C16H38N2O3S. The SMILES string of the molecule is CCCCCCCCCCCCCCCCN.NS(=O)(=O)O. The molecule has 0 spiro atoms. The normalized spacial score (nSPS) is 11.1. The fraction of sp³-hybridized carbons (Fsp3) is 1.00. The Hall–Kier alpha value is -0.170. The molecule has 0 heterocycles. The van der Waals surface area contributed by atoms with Crippen LogP contribution in [0.2, 0.25) is 0 Å². The van der Waals surface area contributed by atoms with Crippen LogP contribution in [0.15, 0.2) is 0 Å². The highest BCUT2D eigenvalue weighted by molar-refractivity contribution is 7.83. The van der Waals surface area contributed by atoms with Crippen LogP contribution in [0, 0.1) is 0 Å². The summed E-state index contributed by atoms with van der Waals surface area (Å²) in [6.07, 6.45) is 19.9. The zero-order valence-electron chi connectivity index (χ0n) is 14.4. The van der Waals surface area contributed by atoms with Crippen molar-refractivity contribution in [2.24, 2.45) is 10.9 Å². The van der Waals surface area contributed by atoms with Gasteiger partial charge in [0.05, 0.1) is 0 Å². The Balaban J connectivity index is 0. The Morgan fingerprint density at radius 3 is 1.14 bits per heavy atom. The second-order valence-electron chi connectivity index (χ2n) is 5.90. The maximum absolute atomic E-state index is 8.97. The van der Waals surface area contributed by atoms with Crippen molar-refractivity contribution in [1.82, 2.24) is 0 Å². The molecule has 0 radical (unpaired) electrons. The standard InChI is InChI=1S/C16H35N.H3NO3S/c1-2-3-4-5-6-7-8-9-10-11-12-13-14-15-16-17;1-5(2,3)4/h2-17H2,1H3;(H3,1,2,3,4). The van der Waals surface area contributed by atoms with E-state index in [1.807, 2.05) is 0 Å². The quantitative estimate of drug-likeness (QED) is 0.326. The summed E-state index contributed by atoms with van der Waals surface area (Å²) in [5.74, 6) is 0. The minimum Gasteiger partial charge on any atom is -0.330 e. The number of hydrogen-bond donors (Lipinski definition) is 3. The van der Waals surface area contributed by atoms with Gasteiger partial charge in [-0.15, -0.1) is 0 Å². The lowest BCUT2D eigenvalue weighted by Crippen LogP contribution is -2.08. The van der Waals surface area contributed by atoms with E-state index in [1.165, 1.54) is 89.9 Å². The molecule has 0 fully saturated rings. The lowest BCUT2D eigenvalue weighted by atomic mass is 10.0. The van der Waals surface area contributed by atoms with Gasteiger partial charge in [0.15, 0.2) is 0 Å². The summed E-state index contributed by atoms with van der Waals surface area (Å²) in [4.78, 5) is 0. The Bertz CT molecular complexity index is 274. The van der Waals surface area contributed by atoms with E-state index in [0.717, 1.165) is 6.54 Å². The van der Waals surface area contributed by atoms with E-state index in [4.69, 9.17) is 18.7 Å². The van der Waals surface area contributed by atoms with Crippen molar-refractivity contribution in [3.8, 4) is 0 Å². The molecule has 0 aliphatic rings. The van der Waals surface area contributed by atoms with E-state index in [2.05, 4.69) is 12.1 Å². The molecule has 6 heteroatoms. The third kappa shape index (κ3) is 36.8. The summed E-state index contributed by atoms with van der Waals surface area (Å²) in [6, 6.07) is 0. The molecule has 0 aliphatic carbocycles. The molecule has 5 N–H and O–H groups in total. The highest BCUT2D eigenvalue weighted by Gasteiger charge is 1.93. The largest absolute Gasteiger partial charge is 0.330 e. The van der Waals surface area contributed by atoms with Crippen molar-refractivity contribution in [3.05, 3.63) is 0 Å². The van der Waals surface area contributed by atoms with E-state index in [-0.39, 0.29) is 0 Å². The molecule has 0 amide bonds. The molecule has 22 heavy (non-hydrogen) atoms. The predicted octanol–water partition coefficient (Wildman–Crippen LogP) is 4.17. The van der Waals surface area contributed by atoms with Crippen LogP contribution >= 0.6 is 0 Å². The molecule has 0 aromatic heterocycles. The molecule has 136 valence electrons. The molecule has 0 aromatic carbocycles. The molecule has 0 saturated carbocycles. The van der Waals surface area contributed by atoms with Crippen LogP contribution in [-0.4, -0.2) is 19.5 Å². The van der Waals surface area contributed by atoms with Gasteiger partial charge >= 0.3 is 10.3 Å². The fourth-order valence-electron chi connectivity index (χ4n) is 2.34. The first-order valence-corrected chi connectivity index (χ1v) is 10.4. The molecular weight excluding hydrogens is 300 g/mol. The number of nitrogens with two attached hydrogens (primary N) is 2. The Morgan fingerprint density at radius 2 is 0.909 bits per heavy atom. The second kappa shape index (κ2) is 18.9. The van der Waals surface area contributed by atoms with Gasteiger partial charge in [0.1, 0.15) is 0 Å². The minimum absolute atomic E-state index is 0.873. The molecule has 0 unspecified atom stereocenters. The van der Waals surface area contributed by atoms with Gasteiger partial charge in [0.25, 0.3) is 0 Å². The van der Waals surface area contributed by atoms with Crippen molar-refractivity contribution in [3.63, 3.8) is 0 Å². The van der Waals surface area contributed by atoms with Crippen LogP contribution in [0.25, 0.3) is 0 Å². The summed E-state index contributed by atoms with van der Waals surface area (Å²) in [5.41, 5.74) is 5.47. The zero-order chi connectivity index (χ0) is 17.1. The maximum Gasteiger partial charge on any atom is 0.330 e. The first kappa shape index (κ1) is 24.1. The third-order valence-corrected chi connectivity index (χ3v) is 3.56. The molecule has 0 rings (SSSR count). The van der Waals surface area contributed by atoms with Gasteiger partial charge in [-0.25, -0.2) is 5.14 Å². The van der Waals surface area contributed by atoms with E-state index < -0.39 is 10.3 Å². The molecule has 5 nitrogen and oxygen atoms in total. The van der Waals surface area contributed by atoms with Gasteiger partial charge in [-0.2, -0.15) is 8.42 Å². The highest BCUT2D eigenvalue weighted by atomic mass is 32.2. The van der Waals surface area contributed by atoms with Crippen molar-refractivity contribution >= 4 is 10.3 Å². The van der Waals surface area contributed by atoms with Gasteiger partial charge in [-0.05, 0) is 13.0 Å². The number of unbranched alkanes of at least 4 members (excludes halogenated alkanes) is 13. The lowest BCUT2D eigenvalue weighted by molar-refractivity contribution is 0.485. The second-order valence-corrected chi connectivity index (χ2v) is 6.93. The summed E-state index contributed by atoms with van der Waals surface area (Å²) in [5, 5.41) is 3.88. The smallest absolute Gasteiger partial charge is 0.330 e. The van der Waals surface area contributed by atoms with Gasteiger partial charge in [0, 0.05) is 0 Å². The zero-order valence-corrected chi connectivity index (χ0v) is 15.2. The summed E-state index contributed by atoms with van der Waals surface area (Å²) < 4.78 is 25.2. The third-order valence-electron chi connectivity index (χ3n) is 3.56. The summed E-state index contributed by atoms with van der Waals surface area (Å²) in [7, 11) is -4.17. The maximum atomic E-state index is 8.97. The molecule has 0 atom stereocenters. The summed E-state index contributed by atoms with van der Waals surface area (Å²) in [6.45, 7) is 3.16. The average molecular weight is 339 g/mol. The van der Waals surface area contributed by atoms with Crippen molar-refractivity contribution in [2.45, 2.75) is 96.8 Å². The summed E-state index contributed by atoms with van der Waals surface area (Å²) >= 11 is 0. The first-order chi connectivity index (χ1) is 10.4. The van der Waals surface area contributed by atoms with Gasteiger partial charge < -0.3 is 5.73 Å². The first-order valence-electron chi connectivity index (χ1n) is 8.87. The van der Waals surface area contributed by atoms with E-state index in [9.17, 15) is 0 Å². The van der Waals surface area contributed by atoms with E-state index in [0.29, 0.717) is 0 Å². The number of hydrogen-bond acceptors (Lipinski definition) is 3. The van der Waals surface area contributed by atoms with Crippen LogP contribution < -0.4 is 10.9 Å². The van der Waals surface area contributed by atoms with Gasteiger partial charge in [-0.3, -0.25) is 4.55 Å². The molecule has 0 aromatic rings. The Labute approximate surface area is 138 Å². The van der Waals surface area contributed by atoms with Crippen molar-refractivity contribution in [2.75, 3.05) is 6.54 Å². The monoisotopic (exact) mass is 338 g/mol. The molecule has 0 saturated heterocycles. The van der Waals surface area contributed by atoms with E-state index in [1.54, 1.807) is 0 Å². The highest BCUT2D eigenvalue weighted by Crippen LogP contribution is 2.12. The Kier molecular flexibility index (Phi) is 20.7. The topological polar surface area (TPSA) is 106 Å². The van der Waals surface area contributed by atoms with Crippen molar-refractivity contribution < 1.29 is 13.0 Å².